The Morgan fingerprint density at radius 3 is 2.71 bits per heavy atom. The van der Waals surface area contributed by atoms with Crippen molar-refractivity contribution in [2.24, 2.45) is 10.9 Å². The Hall–Kier alpha value is -4.24. The van der Waals surface area contributed by atoms with Crippen LogP contribution < -0.4 is 5.32 Å². The molecule has 42 heavy (non-hydrogen) atoms. The molecule has 1 spiro atoms. The quantitative estimate of drug-likeness (QED) is 0.522. The smallest absolute Gasteiger partial charge is 0.379 e. The van der Waals surface area contributed by atoms with Crippen LogP contribution in [0.5, 0.6) is 0 Å². The van der Waals surface area contributed by atoms with E-state index in [4.69, 9.17) is 9.72 Å². The largest absolute Gasteiger partial charge is 0.416 e. The van der Waals surface area contributed by atoms with Gasteiger partial charge in [-0.05, 0) is 64.6 Å². The van der Waals surface area contributed by atoms with Crippen LogP contribution in [0.4, 0.5) is 18.9 Å². The van der Waals surface area contributed by atoms with Gasteiger partial charge in [0.2, 0.25) is 0 Å². The summed E-state index contributed by atoms with van der Waals surface area (Å²) in [5.41, 5.74) is 5.18. The Morgan fingerprint density at radius 2 is 1.88 bits per heavy atom. The maximum atomic E-state index is 13.6. The number of benzene rings is 1. The first-order chi connectivity index (χ1) is 20.3. The zero-order valence-electron chi connectivity index (χ0n) is 22.6. The Kier molecular flexibility index (Phi) is 5.38. The number of hydrogen-bond acceptors (Lipinski definition) is 6. The highest BCUT2D eigenvalue weighted by Crippen LogP contribution is 2.91. The maximum Gasteiger partial charge on any atom is 0.416 e. The second-order valence-electron chi connectivity index (χ2n) is 11.6. The summed E-state index contributed by atoms with van der Waals surface area (Å²) in [4.78, 5) is 24.8. The summed E-state index contributed by atoms with van der Waals surface area (Å²) in [7, 11) is 0. The van der Waals surface area contributed by atoms with Gasteiger partial charge in [-0.3, -0.25) is 14.8 Å². The first kappa shape index (κ1) is 25.5. The van der Waals surface area contributed by atoms with E-state index >= 15 is 0 Å². The summed E-state index contributed by atoms with van der Waals surface area (Å²) in [6, 6.07) is 5.51. The number of alkyl halides is 3. The van der Waals surface area contributed by atoms with Crippen molar-refractivity contribution in [2.45, 2.75) is 23.4 Å². The summed E-state index contributed by atoms with van der Waals surface area (Å²) in [6.07, 6.45) is 13.2. The van der Waals surface area contributed by atoms with E-state index in [0.29, 0.717) is 31.7 Å². The maximum absolute atomic E-state index is 13.6. The Bertz CT molecular complexity index is 1730. The van der Waals surface area contributed by atoms with Crippen molar-refractivity contribution in [3.05, 3.63) is 106 Å². The van der Waals surface area contributed by atoms with Crippen LogP contribution in [0.25, 0.3) is 12.2 Å². The average molecular weight is 569 g/mol. The van der Waals surface area contributed by atoms with Gasteiger partial charge in [0.05, 0.1) is 42.1 Å². The second-order valence-corrected chi connectivity index (χ2v) is 11.6. The minimum absolute atomic E-state index is 0.0426. The third kappa shape index (κ3) is 3.59. The zero-order chi connectivity index (χ0) is 28.7. The fourth-order valence-corrected chi connectivity index (χ4v) is 7.51. The first-order valence-electron chi connectivity index (χ1n) is 14.2. The lowest BCUT2D eigenvalue weighted by molar-refractivity contribution is -0.137. The molecule has 0 radical (unpaired) electrons. The molecule has 9 heteroatoms. The lowest BCUT2D eigenvalue weighted by Gasteiger charge is -2.29. The van der Waals surface area contributed by atoms with Gasteiger partial charge < -0.3 is 15.0 Å². The Balaban J connectivity index is 1.14. The number of hydrogen-bond donors (Lipinski definition) is 1. The van der Waals surface area contributed by atoms with Gasteiger partial charge >= 0.3 is 6.18 Å². The molecule has 1 N–H and O–H groups in total. The van der Waals surface area contributed by atoms with Gasteiger partial charge in [-0.2, -0.15) is 13.2 Å². The van der Waals surface area contributed by atoms with Crippen LogP contribution in [0.3, 0.4) is 0 Å². The van der Waals surface area contributed by atoms with Crippen molar-refractivity contribution in [1.82, 2.24) is 9.88 Å². The topological polar surface area (TPSA) is 66.8 Å². The van der Waals surface area contributed by atoms with Crippen LogP contribution in [0, 0.1) is 5.92 Å². The number of fused-ring (bicyclic) bond motifs is 4. The highest BCUT2D eigenvalue weighted by atomic mass is 19.4. The van der Waals surface area contributed by atoms with Crippen molar-refractivity contribution in [2.75, 3.05) is 38.2 Å². The van der Waals surface area contributed by atoms with Crippen LogP contribution in [0.1, 0.15) is 34.4 Å². The molecule has 1 aromatic heterocycles. The number of ketones is 1. The van der Waals surface area contributed by atoms with Crippen molar-refractivity contribution in [3.8, 4) is 0 Å². The van der Waals surface area contributed by atoms with E-state index in [1.165, 1.54) is 12.1 Å². The summed E-state index contributed by atoms with van der Waals surface area (Å²) in [5, 5.41) is 3.60. The highest BCUT2D eigenvalue weighted by Gasteiger charge is 2.94. The predicted octanol–water partition coefficient (Wildman–Crippen LogP) is 5.46. The number of anilines is 1. The molecule has 3 atom stereocenters. The summed E-state index contributed by atoms with van der Waals surface area (Å²) >= 11 is 0. The van der Waals surface area contributed by atoms with Gasteiger partial charge in [-0.25, -0.2) is 0 Å². The summed E-state index contributed by atoms with van der Waals surface area (Å²) < 4.78 is 46.3. The standard InChI is InChI=1S/C33H27F3N4O2/c34-33(35,36)24-3-1-2-23(14-24)31-19-32(31)28-22(6-9-27(41)30(31)32)17-38-26-8-5-21(16-39-29(26)28)20-4-7-25(18-37-15-20)40-10-12-42-13-11-40/h1-9,14-15,17-18,30,39H,10-13,16,19H2. The van der Waals surface area contributed by atoms with Crippen molar-refractivity contribution in [3.63, 3.8) is 0 Å². The molecule has 6 nitrogen and oxygen atoms in total. The van der Waals surface area contributed by atoms with Crippen LogP contribution >= 0.6 is 0 Å². The van der Waals surface area contributed by atoms with E-state index in [0.717, 1.165) is 58.5 Å². The molecule has 0 bridgehead atoms. The molecule has 3 unspecified atom stereocenters. The van der Waals surface area contributed by atoms with Crippen LogP contribution in [0.15, 0.2) is 82.8 Å². The lowest BCUT2D eigenvalue weighted by atomic mass is 9.90. The lowest BCUT2D eigenvalue weighted by Crippen LogP contribution is -2.35. The van der Waals surface area contributed by atoms with Crippen molar-refractivity contribution in [1.29, 1.82) is 0 Å². The monoisotopic (exact) mass is 568 g/mol. The molecule has 3 aliphatic carbocycles. The summed E-state index contributed by atoms with van der Waals surface area (Å²) in [6.45, 7) is 3.56. The second kappa shape index (κ2) is 8.88. The molecule has 212 valence electrons. The fourth-order valence-electron chi connectivity index (χ4n) is 7.51. The number of aromatic nitrogens is 1. The normalized spacial score (nSPS) is 30.6. The number of carbonyl (C=O) groups is 1. The Morgan fingerprint density at radius 1 is 1.02 bits per heavy atom. The Labute approximate surface area is 240 Å². The fraction of sp³-hybridized carbons (Fsp3) is 0.303. The molecular weight excluding hydrogens is 541 g/mol. The van der Waals surface area contributed by atoms with Gasteiger partial charge in [-0.15, -0.1) is 0 Å². The molecular formula is C33H27F3N4O2. The van der Waals surface area contributed by atoms with E-state index in [1.54, 1.807) is 24.4 Å². The molecule has 8 rings (SSSR count). The van der Waals surface area contributed by atoms with Gasteiger partial charge in [0.15, 0.2) is 5.78 Å². The van der Waals surface area contributed by atoms with Gasteiger partial charge in [0, 0.05) is 48.8 Å². The number of ether oxygens (including phenoxy) is 1. The third-order valence-corrected chi connectivity index (χ3v) is 9.63. The van der Waals surface area contributed by atoms with Crippen molar-refractivity contribution >= 4 is 29.8 Å². The number of allylic oxidation sites excluding steroid dienone is 4. The third-order valence-electron chi connectivity index (χ3n) is 9.63. The number of pyridine rings is 1. The van der Waals surface area contributed by atoms with Crippen molar-refractivity contribution < 1.29 is 22.7 Å². The molecule has 4 heterocycles. The van der Waals surface area contributed by atoms with Gasteiger partial charge in [0.1, 0.15) is 0 Å². The van der Waals surface area contributed by atoms with E-state index in [2.05, 4.69) is 27.4 Å². The molecule has 6 aliphatic rings. The molecule has 2 aromatic rings. The number of halogens is 3. The number of carbonyl (C=O) groups excluding carboxylic acids is 1. The van der Waals surface area contributed by atoms with Gasteiger partial charge in [0.25, 0.3) is 0 Å². The molecule has 3 fully saturated rings. The number of aliphatic imine (C=N–C) groups is 1. The first-order valence-corrected chi connectivity index (χ1v) is 14.2. The predicted molar refractivity (Wildman–Crippen MR) is 154 cm³/mol. The SMILES string of the molecule is O=C1C=Cc2cnc3c(c2C24CC2(c2cccc(C(F)(F)F)c2)C14)NCC(=C1C=CC(N2CCOCC2)=CN=C1)C=C3. The van der Waals surface area contributed by atoms with E-state index < -0.39 is 22.6 Å². The van der Waals surface area contributed by atoms with E-state index in [1.807, 2.05) is 24.6 Å². The van der Waals surface area contributed by atoms with Crippen LogP contribution in [0.2, 0.25) is 0 Å². The molecule has 1 saturated heterocycles. The number of morpholine rings is 1. The van der Waals surface area contributed by atoms with Crippen LogP contribution in [-0.2, 0) is 26.5 Å². The zero-order valence-corrected chi connectivity index (χ0v) is 22.6. The van der Waals surface area contributed by atoms with Crippen LogP contribution in [-0.4, -0.2) is 54.7 Å². The van der Waals surface area contributed by atoms with E-state index in [9.17, 15) is 18.0 Å². The number of nitrogens with zero attached hydrogens (tertiary/aromatic N) is 3. The minimum Gasteiger partial charge on any atom is -0.379 e. The molecule has 0 amide bonds. The average Bonchev–Trinajstić information content (AvgIpc) is 3.86. The highest BCUT2D eigenvalue weighted by molar-refractivity contribution is 6.07. The molecule has 1 aromatic carbocycles. The van der Waals surface area contributed by atoms with Gasteiger partial charge in [-0.1, -0.05) is 30.4 Å². The summed E-state index contributed by atoms with van der Waals surface area (Å²) in [5.74, 6) is -0.426. The number of rotatable bonds is 2. The molecule has 3 aliphatic heterocycles. The molecule has 2 saturated carbocycles. The minimum atomic E-state index is -4.45. The van der Waals surface area contributed by atoms with E-state index in [-0.39, 0.29) is 11.7 Å². The number of nitrogens with one attached hydrogen (secondary N) is 1.